The minimum Gasteiger partial charge on any atom is -0.463 e. The molecule has 2 heterocycles. The third-order valence-electron chi connectivity index (χ3n) is 4.12. The number of thioether (sulfide) groups is 1. The summed E-state index contributed by atoms with van der Waals surface area (Å²) in [5.74, 6) is -0.891. The second-order valence-corrected chi connectivity index (χ2v) is 6.90. The molecule has 7 heteroatoms. The van der Waals surface area contributed by atoms with Crippen molar-refractivity contribution in [3.05, 3.63) is 86.9 Å². The van der Waals surface area contributed by atoms with Crippen molar-refractivity contribution in [2.45, 2.75) is 6.54 Å². The van der Waals surface area contributed by atoms with Crippen LogP contribution in [-0.4, -0.2) is 16.0 Å². The zero-order chi connectivity index (χ0) is 19.0. The summed E-state index contributed by atoms with van der Waals surface area (Å²) in [6.45, 7) is 0.0363. The van der Waals surface area contributed by atoms with Gasteiger partial charge in [-0.1, -0.05) is 24.3 Å². The first-order valence-corrected chi connectivity index (χ1v) is 8.85. The third kappa shape index (κ3) is 3.29. The second kappa shape index (κ2) is 6.85. The standard InChI is InChI=1S/C20H12FNO4S/c21-14-7-5-12(6-8-14)10-22-19(24)17(27-20(22)25)9-13-11-26-16-4-2-1-3-15(16)18(13)23/h1-9,11H,10H2/b17-9-. The number of benzene rings is 2. The van der Waals surface area contributed by atoms with Crippen molar-refractivity contribution in [2.75, 3.05) is 0 Å². The van der Waals surface area contributed by atoms with E-state index in [9.17, 15) is 18.8 Å². The molecule has 1 aliphatic rings. The van der Waals surface area contributed by atoms with Crippen LogP contribution in [0.15, 0.2) is 68.9 Å². The van der Waals surface area contributed by atoms with E-state index in [1.165, 1.54) is 36.6 Å². The summed E-state index contributed by atoms with van der Waals surface area (Å²) in [7, 11) is 0. The van der Waals surface area contributed by atoms with E-state index in [1.54, 1.807) is 24.3 Å². The van der Waals surface area contributed by atoms with E-state index in [2.05, 4.69) is 0 Å². The molecular weight excluding hydrogens is 369 g/mol. The molecule has 134 valence electrons. The number of imide groups is 1. The maximum Gasteiger partial charge on any atom is 0.293 e. The maximum absolute atomic E-state index is 13.0. The highest BCUT2D eigenvalue weighted by molar-refractivity contribution is 8.18. The highest BCUT2D eigenvalue weighted by Gasteiger charge is 2.35. The summed E-state index contributed by atoms with van der Waals surface area (Å²) in [5.41, 5.74) is 0.998. The Kier molecular flexibility index (Phi) is 4.37. The normalized spacial score (nSPS) is 15.9. The third-order valence-corrected chi connectivity index (χ3v) is 5.03. The Labute approximate surface area is 157 Å². The molecule has 3 aromatic rings. The minimum absolute atomic E-state index is 0.0363. The molecule has 4 rings (SSSR count). The van der Waals surface area contributed by atoms with Crippen molar-refractivity contribution in [1.82, 2.24) is 4.90 Å². The van der Waals surface area contributed by atoms with Crippen molar-refractivity contribution in [2.24, 2.45) is 0 Å². The van der Waals surface area contributed by atoms with Crippen molar-refractivity contribution in [3.8, 4) is 0 Å². The summed E-state index contributed by atoms with van der Waals surface area (Å²) in [5, 5.41) is -0.0439. The van der Waals surface area contributed by atoms with Crippen LogP contribution in [0.25, 0.3) is 17.0 Å². The Balaban J connectivity index is 1.64. The Morgan fingerprint density at radius 2 is 1.78 bits per heavy atom. The summed E-state index contributed by atoms with van der Waals surface area (Å²) in [4.78, 5) is 38.5. The SMILES string of the molecule is O=C1S/C(=C\c2coc3ccccc3c2=O)C(=O)N1Cc1ccc(F)cc1. The number of carbonyl (C=O) groups excluding carboxylic acids is 2. The highest BCUT2D eigenvalue weighted by atomic mass is 32.2. The topological polar surface area (TPSA) is 67.6 Å². The predicted octanol–water partition coefficient (Wildman–Crippen LogP) is 4.17. The molecule has 1 aliphatic heterocycles. The monoisotopic (exact) mass is 381 g/mol. The maximum atomic E-state index is 13.0. The fourth-order valence-corrected chi connectivity index (χ4v) is 3.57. The minimum atomic E-state index is -0.498. The lowest BCUT2D eigenvalue weighted by molar-refractivity contribution is -0.123. The van der Waals surface area contributed by atoms with Crippen molar-refractivity contribution in [1.29, 1.82) is 0 Å². The van der Waals surface area contributed by atoms with Gasteiger partial charge < -0.3 is 4.42 Å². The van der Waals surface area contributed by atoms with Gasteiger partial charge in [0.1, 0.15) is 17.7 Å². The lowest BCUT2D eigenvalue weighted by Gasteiger charge is -2.12. The van der Waals surface area contributed by atoms with Gasteiger partial charge in [0, 0.05) is 0 Å². The van der Waals surface area contributed by atoms with E-state index in [4.69, 9.17) is 4.42 Å². The summed E-state index contributed by atoms with van der Waals surface area (Å²) >= 11 is 0.757. The molecule has 0 unspecified atom stereocenters. The van der Waals surface area contributed by atoms with Crippen molar-refractivity contribution < 1.29 is 18.4 Å². The molecule has 1 fully saturated rings. The molecule has 1 aromatic heterocycles. The van der Waals surface area contributed by atoms with Gasteiger partial charge in [-0.05, 0) is 47.7 Å². The quantitative estimate of drug-likeness (QED) is 0.637. The first-order chi connectivity index (χ1) is 13.0. The van der Waals surface area contributed by atoms with Gasteiger partial charge in [0.25, 0.3) is 11.1 Å². The number of para-hydroxylation sites is 1. The van der Waals surface area contributed by atoms with Gasteiger partial charge in [0.05, 0.1) is 22.4 Å². The molecule has 0 N–H and O–H groups in total. The molecule has 0 saturated carbocycles. The Morgan fingerprint density at radius 3 is 2.56 bits per heavy atom. The van der Waals surface area contributed by atoms with Crippen molar-refractivity contribution in [3.63, 3.8) is 0 Å². The van der Waals surface area contributed by atoms with Crippen LogP contribution in [0.4, 0.5) is 9.18 Å². The molecule has 0 spiro atoms. The van der Waals surface area contributed by atoms with Gasteiger partial charge >= 0.3 is 0 Å². The van der Waals surface area contributed by atoms with Gasteiger partial charge in [-0.2, -0.15) is 0 Å². The molecular formula is C20H12FNO4S. The van der Waals surface area contributed by atoms with Gasteiger partial charge in [0.15, 0.2) is 5.43 Å². The van der Waals surface area contributed by atoms with E-state index < -0.39 is 17.0 Å². The Bertz CT molecular complexity index is 1150. The van der Waals surface area contributed by atoms with Gasteiger partial charge in [-0.25, -0.2) is 4.39 Å². The largest absolute Gasteiger partial charge is 0.463 e. The smallest absolute Gasteiger partial charge is 0.293 e. The van der Waals surface area contributed by atoms with E-state index in [-0.39, 0.29) is 22.4 Å². The van der Waals surface area contributed by atoms with Crippen LogP contribution in [-0.2, 0) is 11.3 Å². The fourth-order valence-electron chi connectivity index (χ4n) is 2.74. The van der Waals surface area contributed by atoms with Gasteiger partial charge in [0.2, 0.25) is 0 Å². The Hall–Kier alpha value is -3.19. The highest BCUT2D eigenvalue weighted by Crippen LogP contribution is 2.33. The lowest BCUT2D eigenvalue weighted by atomic mass is 10.1. The summed E-state index contributed by atoms with van der Waals surface area (Å²) in [6.07, 6.45) is 2.65. The van der Waals surface area contributed by atoms with Crippen LogP contribution in [0.5, 0.6) is 0 Å². The van der Waals surface area contributed by atoms with E-state index in [0.29, 0.717) is 16.5 Å². The number of carbonyl (C=O) groups is 2. The number of nitrogens with zero attached hydrogens (tertiary/aromatic N) is 1. The van der Waals surface area contributed by atoms with Crippen molar-refractivity contribution >= 4 is 40.0 Å². The first kappa shape index (κ1) is 17.2. The van der Waals surface area contributed by atoms with E-state index in [1.807, 2.05) is 0 Å². The zero-order valence-electron chi connectivity index (χ0n) is 13.8. The van der Waals surface area contributed by atoms with Crippen LogP contribution in [0.2, 0.25) is 0 Å². The first-order valence-electron chi connectivity index (χ1n) is 8.03. The molecule has 0 aliphatic carbocycles. The lowest BCUT2D eigenvalue weighted by Crippen LogP contribution is -2.27. The summed E-state index contributed by atoms with van der Waals surface area (Å²) < 4.78 is 18.4. The fraction of sp³-hybridized carbons (Fsp3) is 0.0500. The average molecular weight is 381 g/mol. The number of hydrogen-bond donors (Lipinski definition) is 0. The van der Waals surface area contributed by atoms with E-state index >= 15 is 0 Å². The van der Waals surface area contributed by atoms with Crippen LogP contribution in [0, 0.1) is 5.82 Å². The number of amides is 2. The van der Waals surface area contributed by atoms with Gasteiger partial charge in [-0.3, -0.25) is 19.3 Å². The molecule has 27 heavy (non-hydrogen) atoms. The molecule has 2 aromatic carbocycles. The number of rotatable bonds is 3. The number of halogens is 1. The molecule has 0 atom stereocenters. The van der Waals surface area contributed by atoms with Crippen LogP contribution in [0.1, 0.15) is 11.1 Å². The molecule has 0 radical (unpaired) electrons. The molecule has 1 saturated heterocycles. The average Bonchev–Trinajstić information content (AvgIpc) is 2.93. The molecule has 2 amide bonds. The number of fused-ring (bicyclic) bond motifs is 1. The molecule has 5 nitrogen and oxygen atoms in total. The van der Waals surface area contributed by atoms with Gasteiger partial charge in [-0.15, -0.1) is 0 Å². The van der Waals surface area contributed by atoms with Crippen LogP contribution in [0.3, 0.4) is 0 Å². The predicted molar refractivity (Wildman–Crippen MR) is 100 cm³/mol. The summed E-state index contributed by atoms with van der Waals surface area (Å²) in [6, 6.07) is 12.4. The van der Waals surface area contributed by atoms with Crippen LogP contribution >= 0.6 is 11.8 Å². The Morgan fingerprint density at radius 1 is 1.04 bits per heavy atom. The number of hydrogen-bond acceptors (Lipinski definition) is 5. The zero-order valence-corrected chi connectivity index (χ0v) is 14.7. The van der Waals surface area contributed by atoms with Crippen LogP contribution < -0.4 is 5.43 Å². The second-order valence-electron chi connectivity index (χ2n) is 5.91. The van der Waals surface area contributed by atoms with E-state index in [0.717, 1.165) is 16.7 Å². The molecule has 0 bridgehead atoms.